The summed E-state index contributed by atoms with van der Waals surface area (Å²) in [6.07, 6.45) is 2.95. The van der Waals surface area contributed by atoms with Crippen molar-refractivity contribution >= 4 is 17.2 Å². The quantitative estimate of drug-likeness (QED) is 0.596. The first-order valence-corrected chi connectivity index (χ1v) is 5.19. The van der Waals surface area contributed by atoms with Gasteiger partial charge in [-0.1, -0.05) is 6.92 Å². The number of aliphatic imine (C=N–C) groups is 1. The average Bonchev–Trinajstić information content (AvgIpc) is 2.50. The minimum absolute atomic E-state index is 0.0929. The second-order valence-corrected chi connectivity index (χ2v) is 4.11. The molecule has 72 valence electrons. The zero-order chi connectivity index (χ0) is 9.84. The van der Waals surface area contributed by atoms with E-state index in [-0.39, 0.29) is 6.04 Å². The molecule has 1 unspecified atom stereocenters. The van der Waals surface area contributed by atoms with Crippen molar-refractivity contribution in [1.82, 2.24) is 4.98 Å². The number of nitrogens with zero attached hydrogens (tertiary/aromatic N) is 2. The van der Waals surface area contributed by atoms with Crippen LogP contribution in [0.15, 0.2) is 11.2 Å². The predicted molar refractivity (Wildman–Crippen MR) is 57.2 cm³/mol. The van der Waals surface area contributed by atoms with Crippen molar-refractivity contribution in [3.63, 3.8) is 0 Å². The molecule has 3 nitrogen and oxygen atoms in total. The predicted octanol–water partition coefficient (Wildman–Crippen LogP) is 2.14. The van der Waals surface area contributed by atoms with E-state index in [1.807, 2.05) is 13.1 Å². The number of aryl methyl sites for hydroxylation is 1. The first kappa shape index (κ1) is 10.2. The van der Waals surface area contributed by atoms with Crippen LogP contribution >= 0.6 is 11.3 Å². The van der Waals surface area contributed by atoms with Crippen LogP contribution in [0.5, 0.6) is 0 Å². The van der Waals surface area contributed by atoms with Gasteiger partial charge >= 0.3 is 0 Å². The molecule has 0 aliphatic carbocycles. The fourth-order valence-electron chi connectivity index (χ4n) is 1.04. The third kappa shape index (κ3) is 2.81. The average molecular weight is 197 g/mol. The van der Waals surface area contributed by atoms with Crippen LogP contribution in [-0.2, 0) is 6.42 Å². The molecule has 0 fully saturated rings. The summed E-state index contributed by atoms with van der Waals surface area (Å²) < 4.78 is 0. The van der Waals surface area contributed by atoms with E-state index < -0.39 is 0 Å². The van der Waals surface area contributed by atoms with Gasteiger partial charge in [-0.3, -0.25) is 4.99 Å². The molecule has 0 saturated heterocycles. The number of hydrogen-bond acceptors (Lipinski definition) is 3. The van der Waals surface area contributed by atoms with Gasteiger partial charge in [0.05, 0.1) is 5.84 Å². The van der Waals surface area contributed by atoms with E-state index in [9.17, 15) is 0 Å². The second-order valence-electron chi connectivity index (χ2n) is 2.96. The Labute approximate surface area is 82.7 Å². The molecule has 13 heavy (non-hydrogen) atoms. The minimum atomic E-state index is 0.0929. The van der Waals surface area contributed by atoms with Crippen molar-refractivity contribution in [2.24, 2.45) is 10.7 Å². The van der Waals surface area contributed by atoms with Crippen molar-refractivity contribution in [2.75, 3.05) is 0 Å². The van der Waals surface area contributed by atoms with Gasteiger partial charge in [0.1, 0.15) is 11.0 Å². The molecule has 2 N–H and O–H groups in total. The Morgan fingerprint density at radius 1 is 1.77 bits per heavy atom. The maximum atomic E-state index is 5.50. The highest BCUT2D eigenvalue weighted by Gasteiger charge is 2.07. The molecule has 0 saturated carbocycles. The summed E-state index contributed by atoms with van der Waals surface area (Å²) in [5.41, 5.74) is 5.50. The van der Waals surface area contributed by atoms with E-state index in [2.05, 4.69) is 16.9 Å². The van der Waals surface area contributed by atoms with Gasteiger partial charge in [0.2, 0.25) is 0 Å². The zero-order valence-electron chi connectivity index (χ0n) is 8.24. The van der Waals surface area contributed by atoms with Crippen molar-refractivity contribution < 1.29 is 0 Å². The van der Waals surface area contributed by atoms with Gasteiger partial charge < -0.3 is 5.73 Å². The number of aromatic nitrogens is 1. The Bertz CT molecular complexity index is 300. The first-order chi connectivity index (χ1) is 6.13. The molecular formula is C9H15N3S. The molecule has 1 rings (SSSR count). The molecule has 0 amide bonds. The summed E-state index contributed by atoms with van der Waals surface area (Å²) in [7, 11) is 0. The lowest BCUT2D eigenvalue weighted by molar-refractivity contribution is 0.806. The van der Waals surface area contributed by atoms with E-state index in [0.29, 0.717) is 5.84 Å². The molecule has 1 heterocycles. The van der Waals surface area contributed by atoms with Crippen molar-refractivity contribution in [3.8, 4) is 0 Å². The van der Waals surface area contributed by atoms with Gasteiger partial charge in [-0.2, -0.15) is 0 Å². The lowest BCUT2D eigenvalue weighted by Gasteiger charge is -2.01. The van der Waals surface area contributed by atoms with Crippen LogP contribution in [0.4, 0.5) is 0 Å². The largest absolute Gasteiger partial charge is 0.388 e. The number of nitrogens with two attached hydrogens (primary N) is 1. The van der Waals surface area contributed by atoms with E-state index >= 15 is 0 Å². The van der Waals surface area contributed by atoms with Crippen LogP contribution in [0.2, 0.25) is 0 Å². The number of hydrogen-bond donors (Lipinski definition) is 1. The highest BCUT2D eigenvalue weighted by atomic mass is 32.1. The summed E-state index contributed by atoms with van der Waals surface area (Å²) in [5.74, 6) is 0.612. The third-order valence-corrected chi connectivity index (χ3v) is 2.99. The molecule has 1 atom stereocenters. The Kier molecular flexibility index (Phi) is 3.42. The standard InChI is InChI=1S/C9H15N3S/c1-4-8-5-11-9(13-8)6(2)12-7(3)10/h5-6H,4H2,1-3H3,(H2,10,12). The van der Waals surface area contributed by atoms with Gasteiger partial charge in [-0.15, -0.1) is 11.3 Å². The Morgan fingerprint density at radius 2 is 2.46 bits per heavy atom. The Morgan fingerprint density at radius 3 is 2.92 bits per heavy atom. The molecule has 0 aliphatic heterocycles. The maximum absolute atomic E-state index is 5.50. The number of amidine groups is 1. The maximum Gasteiger partial charge on any atom is 0.117 e. The highest BCUT2D eigenvalue weighted by molar-refractivity contribution is 7.11. The van der Waals surface area contributed by atoms with Crippen LogP contribution in [0.1, 0.15) is 36.7 Å². The van der Waals surface area contributed by atoms with Crippen LogP contribution in [0, 0.1) is 0 Å². The smallest absolute Gasteiger partial charge is 0.117 e. The van der Waals surface area contributed by atoms with E-state index in [1.54, 1.807) is 18.3 Å². The van der Waals surface area contributed by atoms with Gasteiger partial charge in [0.15, 0.2) is 0 Å². The zero-order valence-corrected chi connectivity index (χ0v) is 9.06. The molecular weight excluding hydrogens is 182 g/mol. The monoisotopic (exact) mass is 197 g/mol. The van der Waals surface area contributed by atoms with Gasteiger partial charge in [-0.05, 0) is 20.3 Å². The Balaban J connectivity index is 2.77. The second kappa shape index (κ2) is 4.37. The fraction of sp³-hybridized carbons (Fsp3) is 0.556. The van der Waals surface area contributed by atoms with E-state index in [1.165, 1.54) is 4.88 Å². The van der Waals surface area contributed by atoms with Crippen molar-refractivity contribution in [2.45, 2.75) is 33.2 Å². The number of thiazole rings is 1. The van der Waals surface area contributed by atoms with Crippen LogP contribution in [-0.4, -0.2) is 10.8 Å². The van der Waals surface area contributed by atoms with E-state index in [0.717, 1.165) is 11.4 Å². The molecule has 4 heteroatoms. The molecule has 0 aromatic carbocycles. The van der Waals surface area contributed by atoms with Gasteiger partial charge in [0, 0.05) is 11.1 Å². The summed E-state index contributed by atoms with van der Waals surface area (Å²) >= 11 is 1.71. The summed E-state index contributed by atoms with van der Waals surface area (Å²) in [4.78, 5) is 9.83. The number of rotatable bonds is 3. The van der Waals surface area contributed by atoms with Crippen LogP contribution < -0.4 is 5.73 Å². The van der Waals surface area contributed by atoms with Gasteiger partial charge in [0.25, 0.3) is 0 Å². The summed E-state index contributed by atoms with van der Waals surface area (Å²) in [5, 5.41) is 1.04. The summed E-state index contributed by atoms with van der Waals surface area (Å²) in [6.45, 7) is 5.93. The van der Waals surface area contributed by atoms with Crippen LogP contribution in [0.25, 0.3) is 0 Å². The minimum Gasteiger partial charge on any atom is -0.388 e. The highest BCUT2D eigenvalue weighted by Crippen LogP contribution is 2.22. The van der Waals surface area contributed by atoms with Crippen molar-refractivity contribution in [1.29, 1.82) is 0 Å². The normalized spacial score (nSPS) is 14.5. The lowest BCUT2D eigenvalue weighted by Crippen LogP contribution is -2.07. The molecule has 1 aromatic rings. The topological polar surface area (TPSA) is 51.3 Å². The molecule has 0 radical (unpaired) electrons. The lowest BCUT2D eigenvalue weighted by atomic mass is 10.4. The summed E-state index contributed by atoms with van der Waals surface area (Å²) in [6, 6.07) is 0.0929. The molecule has 1 aromatic heterocycles. The first-order valence-electron chi connectivity index (χ1n) is 4.38. The Hall–Kier alpha value is -0.900. The molecule has 0 aliphatic rings. The van der Waals surface area contributed by atoms with Crippen molar-refractivity contribution in [3.05, 3.63) is 16.1 Å². The molecule has 0 bridgehead atoms. The van der Waals surface area contributed by atoms with E-state index in [4.69, 9.17) is 5.73 Å². The molecule has 0 spiro atoms. The van der Waals surface area contributed by atoms with Crippen LogP contribution in [0.3, 0.4) is 0 Å². The SMILES string of the molecule is CCc1cnc(C(C)N=C(C)N)s1. The third-order valence-electron chi connectivity index (χ3n) is 1.67. The fourth-order valence-corrected chi connectivity index (χ4v) is 1.89. The van der Waals surface area contributed by atoms with Gasteiger partial charge in [-0.25, -0.2) is 4.98 Å².